The molecular formula is C72H77F6N15O15S. The smallest absolute Gasteiger partial charge is 0.405 e. The van der Waals surface area contributed by atoms with E-state index in [0.717, 1.165) is 4.70 Å². The number of aryl methyl sites for hydroxylation is 3. The van der Waals surface area contributed by atoms with Gasteiger partial charge in [0.05, 0.1) is 93.4 Å². The zero-order valence-electron chi connectivity index (χ0n) is 59.2. The van der Waals surface area contributed by atoms with Crippen LogP contribution in [0.1, 0.15) is 86.9 Å². The first-order chi connectivity index (χ1) is 51.8. The van der Waals surface area contributed by atoms with Crippen LogP contribution in [0.3, 0.4) is 0 Å². The molecule has 2 aromatic carbocycles. The molecule has 37 heteroatoms. The number of hydrogen-bond donors (Lipinski definition) is 14. The number of hydrogen-bond acceptors (Lipinski definition) is 31. The molecule has 8 aromatic heterocycles. The highest BCUT2D eigenvalue weighted by molar-refractivity contribution is 7.21. The van der Waals surface area contributed by atoms with E-state index in [1.807, 2.05) is 24.3 Å². The Morgan fingerprint density at radius 3 is 1.86 bits per heavy atom. The van der Waals surface area contributed by atoms with E-state index in [2.05, 4.69) is 56.8 Å². The second-order valence-corrected chi connectivity index (χ2v) is 28.8. The van der Waals surface area contributed by atoms with Crippen LogP contribution in [0.25, 0.3) is 65.4 Å². The zero-order chi connectivity index (χ0) is 77.4. The van der Waals surface area contributed by atoms with Crippen LogP contribution < -0.4 is 41.4 Å². The van der Waals surface area contributed by atoms with E-state index in [1.165, 1.54) is 37.3 Å². The highest BCUT2D eigenvalue weighted by atomic mass is 32.1. The minimum atomic E-state index is -4.73. The van der Waals surface area contributed by atoms with Crippen molar-refractivity contribution >= 4 is 84.6 Å². The lowest BCUT2D eigenvalue weighted by Crippen LogP contribution is -2.53. The molecule has 4 aliphatic carbocycles. The molecule has 0 amide bonds. The topological polar surface area (TPSA) is 430 Å². The second kappa shape index (κ2) is 29.2. The molecule has 0 saturated heterocycles. The normalized spacial score (nSPS) is 23.5. The molecule has 8 heterocycles. The van der Waals surface area contributed by atoms with Gasteiger partial charge in [-0.15, -0.1) is 11.3 Å². The van der Waals surface area contributed by atoms with Crippen molar-refractivity contribution in [3.63, 3.8) is 0 Å². The van der Waals surface area contributed by atoms with Gasteiger partial charge in [0.1, 0.15) is 64.9 Å². The number of nitrogens with zero attached hydrogens (tertiary/aromatic N) is 9. The van der Waals surface area contributed by atoms with Gasteiger partial charge in [0.25, 0.3) is 17.7 Å². The number of carbonyl (C=O) groups excluding carboxylic acids is 1. The molecule has 10 atom stereocenters. The Kier molecular flexibility index (Phi) is 20.4. The Balaban J connectivity index is 0.760. The molecule has 10 aromatic rings. The minimum Gasteiger partial charge on any atom is -0.475 e. The molecule has 0 radical (unpaired) electrons. The second-order valence-electron chi connectivity index (χ2n) is 27.8. The van der Waals surface area contributed by atoms with Crippen LogP contribution in [0, 0.1) is 38.5 Å². The summed E-state index contributed by atoms with van der Waals surface area (Å²) in [5, 5.41) is 109. The summed E-state index contributed by atoms with van der Waals surface area (Å²) in [5.74, 6) is -7.14. The number of aliphatic hydroxyl groups is 8. The van der Waals surface area contributed by atoms with Gasteiger partial charge in [-0.2, -0.15) is 41.3 Å². The average Bonchev–Trinajstić information content (AvgIpc) is 1.50. The van der Waals surface area contributed by atoms with E-state index >= 15 is 0 Å². The summed E-state index contributed by atoms with van der Waals surface area (Å²) in [6.07, 6.45) is -13.7. The van der Waals surface area contributed by atoms with E-state index in [-0.39, 0.29) is 143 Å². The van der Waals surface area contributed by atoms with E-state index in [9.17, 15) is 72.0 Å². The number of benzene rings is 2. The molecule has 0 aliphatic heterocycles. The fraction of sp³-hybridized carbons (Fsp3) is 0.444. The fourth-order valence-corrected chi connectivity index (χ4v) is 15.7. The van der Waals surface area contributed by atoms with Crippen LogP contribution in [0.15, 0.2) is 87.7 Å². The molecule has 30 nitrogen and oxygen atoms in total. The monoisotopic (exact) mass is 1540 g/mol. The van der Waals surface area contributed by atoms with Crippen molar-refractivity contribution in [1.29, 1.82) is 0 Å². The quantitative estimate of drug-likeness (QED) is 0.0161. The van der Waals surface area contributed by atoms with Gasteiger partial charge in [-0.3, -0.25) is 10.1 Å². The molecule has 0 spiro atoms. The van der Waals surface area contributed by atoms with Crippen LogP contribution in [0.2, 0.25) is 0 Å². The van der Waals surface area contributed by atoms with Gasteiger partial charge >= 0.3 is 12.4 Å². The maximum atomic E-state index is 13.9. The average molecular weight is 1540 g/mol. The standard InChI is InChI=1S/C72H77F6N15O15S/c1-7-103-61-54-37(22-42(84-61)29-105-71-43(56(71)98)18-20-68(71,100)92-60-51(63-87-44-15-11-12-16-48(44)109-63)35(6)83-66(90-60)93-72(101,102)40-13-9-8-10-14-40)24-47(107-54)50-34(5)82-65(80-31-70(76,77)78)89-59(50)91-67(99)19-17-36(26-94)57(67)104-28-41-21-38-25-46(108-55(38)62(85-41)106-32(2)3)49-33(4)81-64(79-30-69(73,74)75)88-58(49)86-45-23-39(27-95)52(96)53(45)97/h8-16,21-22,24-25,32,36,39,43,45,52,56-57,94-96,98-102H,7,17-20,23,26-31H2,1-6H3,(H2,79,81,86,88)(H2,80,82,89,91)(H2,83,90,92,93). The number of ether oxygens (including phenoxy) is 4. The number of aliphatic hydroxyl groups excluding tert-OH is 4. The predicted molar refractivity (Wildman–Crippen MR) is 383 cm³/mol. The summed E-state index contributed by atoms with van der Waals surface area (Å²) >= 11 is 1.34. The number of nitrogens with one attached hydrogen (secondary N) is 6. The number of rotatable bonds is 28. The fourth-order valence-electron chi connectivity index (χ4n) is 14.7. The van der Waals surface area contributed by atoms with Gasteiger partial charge in [-0.05, 0) is 110 Å². The molecule has 4 saturated carbocycles. The lowest BCUT2D eigenvalue weighted by Gasteiger charge is -2.36. The lowest BCUT2D eigenvalue weighted by molar-refractivity contribution is -0.144. The number of carbonyl (C=O) groups is 1. The third-order valence-corrected chi connectivity index (χ3v) is 20.8. The summed E-state index contributed by atoms with van der Waals surface area (Å²) in [4.78, 5) is 54.3. The summed E-state index contributed by atoms with van der Waals surface area (Å²) < 4.78 is 121. The summed E-state index contributed by atoms with van der Waals surface area (Å²) in [6.45, 7) is 5.02. The first-order valence-electron chi connectivity index (χ1n) is 35.0. The largest absolute Gasteiger partial charge is 0.475 e. The van der Waals surface area contributed by atoms with Crippen molar-refractivity contribution in [3.8, 4) is 45.0 Å². The van der Waals surface area contributed by atoms with Crippen LogP contribution in [0.4, 0.5) is 61.6 Å². The Bertz CT molecular complexity index is 5040. The van der Waals surface area contributed by atoms with Gasteiger partial charge < -0.3 is 95.2 Å². The number of anilines is 6. The first kappa shape index (κ1) is 76.0. The minimum absolute atomic E-state index is 0.0116. The Morgan fingerprint density at radius 2 is 1.25 bits per heavy atom. The van der Waals surface area contributed by atoms with Crippen molar-refractivity contribution in [1.82, 2.24) is 44.9 Å². The van der Waals surface area contributed by atoms with Gasteiger partial charge in [0.2, 0.25) is 17.8 Å². The highest BCUT2D eigenvalue weighted by Gasteiger charge is 2.80. The molecular weight excluding hydrogens is 1460 g/mol. The van der Waals surface area contributed by atoms with E-state index in [0.29, 0.717) is 32.6 Å². The third-order valence-electron chi connectivity index (χ3n) is 19.8. The van der Waals surface area contributed by atoms with Crippen molar-refractivity contribution in [2.75, 3.05) is 64.8 Å². The summed E-state index contributed by atoms with van der Waals surface area (Å²) in [7, 11) is 0. The molecule has 10 unspecified atom stereocenters. The molecule has 4 aliphatic rings. The third kappa shape index (κ3) is 15.1. The van der Waals surface area contributed by atoms with E-state index in [4.69, 9.17) is 47.7 Å². The lowest BCUT2D eigenvalue weighted by atomic mass is 10.0. The van der Waals surface area contributed by atoms with Gasteiger partial charge in [-0.25, -0.2) is 29.9 Å². The zero-order valence-corrected chi connectivity index (χ0v) is 60.1. The van der Waals surface area contributed by atoms with Gasteiger partial charge in [0, 0.05) is 47.3 Å². The summed E-state index contributed by atoms with van der Waals surface area (Å²) in [6, 6.07) is 20.5. The number of para-hydroxylation sites is 1. The van der Waals surface area contributed by atoms with Gasteiger partial charge in [-0.1, -0.05) is 42.5 Å². The molecule has 109 heavy (non-hydrogen) atoms. The van der Waals surface area contributed by atoms with Crippen LogP contribution in [-0.2, 0) is 33.4 Å². The molecule has 14 N–H and O–H groups in total. The van der Waals surface area contributed by atoms with Crippen molar-refractivity contribution in [3.05, 3.63) is 113 Å². The number of alkyl halides is 6. The Morgan fingerprint density at radius 1 is 0.670 bits per heavy atom. The van der Waals surface area contributed by atoms with E-state index in [1.54, 1.807) is 70.2 Å². The Labute approximate surface area is 619 Å². The van der Waals surface area contributed by atoms with Crippen LogP contribution in [-0.4, -0.2) is 184 Å². The van der Waals surface area contributed by atoms with Gasteiger partial charge in [0.15, 0.2) is 28.4 Å². The Hall–Kier alpha value is -9.80. The maximum Gasteiger partial charge on any atom is 0.405 e. The number of Topliss-reactive ketones (excluding diaryl/α,β-unsaturated/α-hetero) is 1. The SMILES string of the molecule is CCOc1nc(COC23C(O)C2CCC3(O)Nc2nc(NC(O)(O)c3ccccc3)nc(C)c2-c2nc3ccccc3s2)cc2cc(-c3c(C)nc(NCC(F)(F)F)nc3NC3(O)CCC(CO)C3OCc3cc4cc(-c5c(C)nc(NCC(F)(F)F)nc5NC5CC(CO)C(O)C5=O)oc4c(OC(C)C)n3)oc12. The maximum absolute atomic E-state index is 13.9. The predicted octanol–water partition coefficient (Wildman–Crippen LogP) is 8.87. The molecule has 4 fully saturated rings. The number of furan rings is 2. The molecule has 0 bridgehead atoms. The first-order valence-corrected chi connectivity index (χ1v) is 35.8. The van der Waals surface area contributed by atoms with Crippen molar-refractivity contribution in [2.45, 2.75) is 153 Å². The summed E-state index contributed by atoms with van der Waals surface area (Å²) in [5.41, 5.74) is -3.54. The number of aromatic nitrogens is 9. The number of thiazole rings is 1. The number of fused-ring (bicyclic) bond motifs is 4. The highest BCUT2D eigenvalue weighted by Crippen LogP contribution is 2.64. The molecule has 578 valence electrons. The molecule has 14 rings (SSSR count). The number of halogens is 6. The van der Waals surface area contributed by atoms with Crippen molar-refractivity contribution in [2.24, 2.45) is 17.8 Å². The van der Waals surface area contributed by atoms with E-state index < -0.39 is 134 Å². The van der Waals surface area contributed by atoms with Crippen LogP contribution in [0.5, 0.6) is 11.8 Å². The number of pyridine rings is 2. The van der Waals surface area contributed by atoms with Crippen LogP contribution >= 0.6 is 11.3 Å². The number of ketones is 1. The van der Waals surface area contributed by atoms with Crippen molar-refractivity contribution < 1.29 is 99.8 Å².